The second kappa shape index (κ2) is 65.4. The molecule has 0 bridgehead atoms. The lowest BCUT2D eigenvalue weighted by Crippen LogP contribution is -2.30. The van der Waals surface area contributed by atoms with Crippen molar-refractivity contribution in [2.45, 2.75) is 348 Å². The maximum atomic E-state index is 12.9. The SMILES string of the molecule is CCCCCCC/C=C\C/C=C\C/C=C\CCCCCCCCCCC(=O)OCC(COC(=O)CCCCCCC/C=C\CCCCCCCC)OC(=O)CCCCCCCCCCC/C=C\C/C=C\CCCCCCC. The number of carbonyl (C=O) groups excluding carboxylic acids is 3. The van der Waals surface area contributed by atoms with Gasteiger partial charge in [-0.25, -0.2) is 0 Å². The molecule has 0 aromatic rings. The van der Waals surface area contributed by atoms with Gasteiger partial charge in [-0.15, -0.1) is 0 Å². The van der Waals surface area contributed by atoms with E-state index in [4.69, 9.17) is 14.2 Å². The average molecular weight is 1080 g/mol. The first-order chi connectivity index (χ1) is 38.0. The van der Waals surface area contributed by atoms with Crippen molar-refractivity contribution in [3.8, 4) is 0 Å². The smallest absolute Gasteiger partial charge is 0.306 e. The number of unbranched alkanes of at least 4 members (excludes halogenated alkanes) is 38. The topological polar surface area (TPSA) is 78.9 Å². The molecule has 77 heavy (non-hydrogen) atoms. The van der Waals surface area contributed by atoms with Gasteiger partial charge in [0, 0.05) is 19.3 Å². The minimum Gasteiger partial charge on any atom is -0.462 e. The summed E-state index contributed by atoms with van der Waals surface area (Å²) in [5.41, 5.74) is 0. The zero-order valence-electron chi connectivity index (χ0n) is 51.2. The molecule has 0 aliphatic carbocycles. The van der Waals surface area contributed by atoms with Crippen molar-refractivity contribution in [3.63, 3.8) is 0 Å². The van der Waals surface area contributed by atoms with Gasteiger partial charge >= 0.3 is 17.9 Å². The van der Waals surface area contributed by atoms with Gasteiger partial charge in [0.1, 0.15) is 13.2 Å². The number of esters is 3. The third-order valence-corrected chi connectivity index (χ3v) is 14.7. The fourth-order valence-corrected chi connectivity index (χ4v) is 9.59. The second-order valence-electron chi connectivity index (χ2n) is 22.4. The first-order valence-corrected chi connectivity index (χ1v) is 33.4. The van der Waals surface area contributed by atoms with E-state index in [1.165, 1.54) is 212 Å². The highest BCUT2D eigenvalue weighted by Crippen LogP contribution is 2.16. The van der Waals surface area contributed by atoms with Crippen molar-refractivity contribution in [1.82, 2.24) is 0 Å². The largest absolute Gasteiger partial charge is 0.462 e. The number of hydrogen-bond acceptors (Lipinski definition) is 6. The lowest BCUT2D eigenvalue weighted by atomic mass is 10.1. The van der Waals surface area contributed by atoms with Crippen LogP contribution in [0.3, 0.4) is 0 Å². The van der Waals surface area contributed by atoms with Crippen LogP contribution in [-0.2, 0) is 28.6 Å². The first kappa shape index (κ1) is 73.8. The van der Waals surface area contributed by atoms with E-state index in [1.807, 2.05) is 0 Å². The fraction of sp³-hybridized carbons (Fsp3) is 0.789. The molecule has 1 atom stereocenters. The van der Waals surface area contributed by atoms with Crippen molar-refractivity contribution in [2.24, 2.45) is 0 Å². The Hall–Kier alpha value is -3.15. The summed E-state index contributed by atoms with van der Waals surface area (Å²) in [6.45, 7) is 6.64. The van der Waals surface area contributed by atoms with E-state index in [2.05, 4.69) is 93.7 Å². The monoisotopic (exact) mass is 1070 g/mol. The van der Waals surface area contributed by atoms with Crippen molar-refractivity contribution in [2.75, 3.05) is 13.2 Å². The van der Waals surface area contributed by atoms with Gasteiger partial charge in [0.15, 0.2) is 6.10 Å². The molecular formula is C71H126O6. The van der Waals surface area contributed by atoms with Crippen LogP contribution >= 0.6 is 0 Å². The summed E-state index contributed by atoms with van der Waals surface area (Å²) in [5, 5.41) is 0. The van der Waals surface area contributed by atoms with Crippen LogP contribution in [0.1, 0.15) is 342 Å². The molecule has 0 aliphatic rings. The highest BCUT2D eigenvalue weighted by molar-refractivity contribution is 5.71. The molecule has 1 unspecified atom stereocenters. The number of hydrogen-bond donors (Lipinski definition) is 0. The molecule has 0 heterocycles. The maximum Gasteiger partial charge on any atom is 0.306 e. The second-order valence-corrected chi connectivity index (χ2v) is 22.4. The van der Waals surface area contributed by atoms with Crippen LogP contribution in [0.25, 0.3) is 0 Å². The third-order valence-electron chi connectivity index (χ3n) is 14.7. The van der Waals surface area contributed by atoms with Gasteiger partial charge < -0.3 is 14.2 Å². The summed E-state index contributed by atoms with van der Waals surface area (Å²) in [5.74, 6) is -0.885. The summed E-state index contributed by atoms with van der Waals surface area (Å²) < 4.78 is 17.0. The minimum absolute atomic E-state index is 0.0823. The minimum atomic E-state index is -0.786. The molecule has 0 saturated heterocycles. The Morgan fingerprint density at radius 2 is 0.468 bits per heavy atom. The van der Waals surface area contributed by atoms with Crippen molar-refractivity contribution >= 4 is 17.9 Å². The molecule has 6 heteroatoms. The van der Waals surface area contributed by atoms with Gasteiger partial charge in [-0.3, -0.25) is 14.4 Å². The molecule has 0 aromatic heterocycles. The Morgan fingerprint density at radius 1 is 0.260 bits per heavy atom. The summed E-state index contributed by atoms with van der Waals surface area (Å²) in [4.78, 5) is 38.4. The highest BCUT2D eigenvalue weighted by Gasteiger charge is 2.19. The van der Waals surface area contributed by atoms with Crippen LogP contribution in [0.4, 0.5) is 0 Å². The summed E-state index contributed by atoms with van der Waals surface area (Å²) in [6.07, 6.45) is 84.7. The normalized spacial score (nSPS) is 12.5. The van der Waals surface area contributed by atoms with Gasteiger partial charge in [0.05, 0.1) is 0 Å². The van der Waals surface area contributed by atoms with Crippen molar-refractivity contribution < 1.29 is 28.6 Å². The van der Waals surface area contributed by atoms with Crippen LogP contribution < -0.4 is 0 Å². The highest BCUT2D eigenvalue weighted by atomic mass is 16.6. The Kier molecular flexibility index (Phi) is 62.7. The Bertz CT molecular complexity index is 1420. The Labute approximate surface area is 478 Å². The molecule has 446 valence electrons. The third kappa shape index (κ3) is 63.6. The van der Waals surface area contributed by atoms with Crippen LogP contribution in [0.5, 0.6) is 0 Å². The van der Waals surface area contributed by atoms with Gasteiger partial charge in [-0.05, 0) is 116 Å². The molecule has 0 spiro atoms. The number of allylic oxidation sites excluding steroid dienone is 12. The number of ether oxygens (including phenoxy) is 3. The quantitative estimate of drug-likeness (QED) is 0.0261. The molecular weight excluding hydrogens is 949 g/mol. The molecule has 0 saturated carbocycles. The fourth-order valence-electron chi connectivity index (χ4n) is 9.59. The molecule has 0 rings (SSSR count). The first-order valence-electron chi connectivity index (χ1n) is 33.4. The van der Waals surface area contributed by atoms with E-state index in [1.54, 1.807) is 0 Å². The van der Waals surface area contributed by atoms with Crippen LogP contribution in [0.2, 0.25) is 0 Å². The molecule has 0 fully saturated rings. The van der Waals surface area contributed by atoms with E-state index in [0.717, 1.165) is 89.9 Å². The molecule has 0 aliphatic heterocycles. The van der Waals surface area contributed by atoms with E-state index in [0.29, 0.717) is 19.3 Å². The Balaban J connectivity index is 4.37. The van der Waals surface area contributed by atoms with Gasteiger partial charge in [-0.1, -0.05) is 280 Å². The summed E-state index contributed by atoms with van der Waals surface area (Å²) in [6, 6.07) is 0. The molecule has 0 amide bonds. The lowest BCUT2D eigenvalue weighted by molar-refractivity contribution is -0.167. The van der Waals surface area contributed by atoms with E-state index < -0.39 is 6.10 Å². The van der Waals surface area contributed by atoms with Gasteiger partial charge in [0.2, 0.25) is 0 Å². The van der Waals surface area contributed by atoms with Gasteiger partial charge in [-0.2, -0.15) is 0 Å². The molecule has 0 aromatic carbocycles. The lowest BCUT2D eigenvalue weighted by Gasteiger charge is -2.18. The van der Waals surface area contributed by atoms with E-state index in [-0.39, 0.29) is 31.1 Å². The van der Waals surface area contributed by atoms with Crippen LogP contribution in [-0.4, -0.2) is 37.2 Å². The maximum absolute atomic E-state index is 12.9. The number of carbonyl (C=O) groups is 3. The zero-order valence-corrected chi connectivity index (χ0v) is 51.2. The van der Waals surface area contributed by atoms with Crippen molar-refractivity contribution in [3.05, 3.63) is 72.9 Å². The average Bonchev–Trinajstić information content (AvgIpc) is 3.43. The van der Waals surface area contributed by atoms with Crippen LogP contribution in [0.15, 0.2) is 72.9 Å². The van der Waals surface area contributed by atoms with Crippen molar-refractivity contribution in [1.29, 1.82) is 0 Å². The summed E-state index contributed by atoms with van der Waals surface area (Å²) in [7, 11) is 0. The predicted molar refractivity (Wildman–Crippen MR) is 335 cm³/mol. The van der Waals surface area contributed by atoms with Crippen LogP contribution in [0, 0.1) is 0 Å². The van der Waals surface area contributed by atoms with Gasteiger partial charge in [0.25, 0.3) is 0 Å². The zero-order chi connectivity index (χ0) is 55.7. The predicted octanol–water partition coefficient (Wildman–Crippen LogP) is 22.9. The Morgan fingerprint density at radius 3 is 0.740 bits per heavy atom. The van der Waals surface area contributed by atoms with E-state index in [9.17, 15) is 14.4 Å². The molecule has 0 N–H and O–H groups in total. The van der Waals surface area contributed by atoms with E-state index >= 15 is 0 Å². The molecule has 0 radical (unpaired) electrons. The molecule has 6 nitrogen and oxygen atoms in total. The standard InChI is InChI=1S/C71H126O6/c1-4-7-10-13-16-19-22-25-28-30-32-34-35-37-38-40-43-46-49-52-55-58-61-64-70(73)76-67-68(66-75-69(72)63-60-57-54-51-48-45-42-27-24-21-18-15-12-9-6-3)77-71(74)65-62-59-56-53-50-47-44-41-39-36-33-31-29-26-23-20-17-14-11-8-5-2/h22-23,25-27,30-33,35,37,42,68H,4-21,24,28-29,34,36,38-41,43-67H2,1-3H3/b25-22-,26-23-,32-30-,33-31-,37-35-,42-27-. The summed E-state index contributed by atoms with van der Waals surface area (Å²) >= 11 is 0. The number of rotatable bonds is 61.